The van der Waals surface area contributed by atoms with Gasteiger partial charge in [0.15, 0.2) is 5.69 Å². The van der Waals surface area contributed by atoms with Crippen LogP contribution in [0.1, 0.15) is 16.2 Å². The number of carbonyl (C=O) groups excluding carboxylic acids is 1. The number of para-hydroxylation sites is 1. The Morgan fingerprint density at radius 2 is 2.00 bits per heavy atom. The maximum Gasteiger partial charge on any atom is 0.271 e. The maximum atomic E-state index is 12.0. The van der Waals surface area contributed by atoms with Gasteiger partial charge in [-0.25, -0.2) is 4.68 Å². The van der Waals surface area contributed by atoms with Crippen LogP contribution in [0.3, 0.4) is 0 Å². The molecule has 1 amide bonds. The summed E-state index contributed by atoms with van der Waals surface area (Å²) in [6, 6.07) is 13.4. The molecule has 3 rings (SSSR count). The average Bonchev–Trinajstić information content (AvgIpc) is 3.16. The van der Waals surface area contributed by atoms with Crippen LogP contribution in [0.15, 0.2) is 48.7 Å². The molecule has 6 nitrogen and oxygen atoms in total. The molecule has 23 heavy (non-hydrogen) atoms. The molecule has 1 N–H and O–H groups in total. The molecule has 0 aliphatic heterocycles. The molecule has 0 spiro atoms. The molecular weight excluding hydrogens is 314 g/mol. The number of nitrogens with one attached hydrogen (secondary N) is 1. The number of rotatable bonds is 5. The molecule has 0 atom stereocenters. The lowest BCUT2D eigenvalue weighted by molar-refractivity contribution is 0.0948. The van der Waals surface area contributed by atoms with Crippen molar-refractivity contribution in [3.63, 3.8) is 0 Å². The third kappa shape index (κ3) is 3.60. The first kappa shape index (κ1) is 15.3. The normalized spacial score (nSPS) is 10.7. The first-order chi connectivity index (χ1) is 11.1. The van der Waals surface area contributed by atoms with Crippen molar-refractivity contribution in [3.05, 3.63) is 65.2 Å². The van der Waals surface area contributed by atoms with Crippen molar-refractivity contribution in [3.8, 4) is 5.69 Å². The molecule has 0 aliphatic rings. The van der Waals surface area contributed by atoms with Gasteiger partial charge in [0.25, 0.3) is 5.91 Å². The molecule has 0 aliphatic carbocycles. The predicted molar refractivity (Wildman–Crippen MR) is 87.8 cm³/mol. The third-order valence-electron chi connectivity index (χ3n) is 3.39. The van der Waals surface area contributed by atoms with Crippen molar-refractivity contribution < 1.29 is 4.79 Å². The summed E-state index contributed by atoms with van der Waals surface area (Å²) in [5.74, 6) is -0.241. The van der Waals surface area contributed by atoms with Crippen molar-refractivity contribution in [1.82, 2.24) is 24.9 Å². The average molecular weight is 330 g/mol. The zero-order chi connectivity index (χ0) is 16.2. The fraction of sp³-hybridized carbons (Fsp3) is 0.188. The Morgan fingerprint density at radius 1 is 1.22 bits per heavy atom. The molecule has 3 aromatic rings. The number of halogens is 1. The van der Waals surface area contributed by atoms with Gasteiger partial charge in [0.2, 0.25) is 0 Å². The second-order valence-electron chi connectivity index (χ2n) is 5.07. The molecule has 2 heterocycles. The largest absolute Gasteiger partial charge is 0.350 e. The fourth-order valence-corrected chi connectivity index (χ4v) is 2.31. The highest BCUT2D eigenvalue weighted by Gasteiger charge is 2.11. The van der Waals surface area contributed by atoms with Crippen molar-refractivity contribution in [1.29, 1.82) is 0 Å². The summed E-state index contributed by atoms with van der Waals surface area (Å²) < 4.78 is 3.27. The van der Waals surface area contributed by atoms with E-state index in [1.54, 1.807) is 13.1 Å². The van der Waals surface area contributed by atoms with Crippen molar-refractivity contribution in [2.75, 3.05) is 6.54 Å². The summed E-state index contributed by atoms with van der Waals surface area (Å²) >= 11 is 5.87. The Kier molecular flexibility index (Phi) is 4.43. The highest BCUT2D eigenvalue weighted by atomic mass is 35.5. The molecule has 0 radical (unpaired) electrons. The van der Waals surface area contributed by atoms with Gasteiger partial charge in [-0.3, -0.25) is 9.48 Å². The van der Waals surface area contributed by atoms with Gasteiger partial charge in [-0.15, -0.1) is 0 Å². The molecule has 1 aromatic carbocycles. The van der Waals surface area contributed by atoms with Gasteiger partial charge in [0.1, 0.15) is 5.15 Å². The Balaban J connectivity index is 1.55. The van der Waals surface area contributed by atoms with Gasteiger partial charge < -0.3 is 5.32 Å². The van der Waals surface area contributed by atoms with Crippen LogP contribution in [0.4, 0.5) is 0 Å². The summed E-state index contributed by atoms with van der Waals surface area (Å²) in [6.07, 6.45) is 2.55. The number of hydrogen-bond acceptors (Lipinski definition) is 3. The van der Waals surface area contributed by atoms with E-state index in [4.69, 9.17) is 11.6 Å². The van der Waals surface area contributed by atoms with Gasteiger partial charge >= 0.3 is 0 Å². The molecule has 0 saturated heterocycles. The van der Waals surface area contributed by atoms with Crippen LogP contribution in [0, 0.1) is 0 Å². The minimum absolute atomic E-state index is 0.241. The topological polar surface area (TPSA) is 64.7 Å². The van der Waals surface area contributed by atoms with E-state index in [0.29, 0.717) is 23.8 Å². The second-order valence-corrected chi connectivity index (χ2v) is 5.46. The van der Waals surface area contributed by atoms with Crippen LogP contribution in [-0.4, -0.2) is 32.0 Å². The Hall–Kier alpha value is -2.60. The summed E-state index contributed by atoms with van der Waals surface area (Å²) in [5, 5.41) is 11.8. The number of aryl methyl sites for hydroxylation is 1. The van der Waals surface area contributed by atoms with Crippen LogP contribution in [-0.2, 0) is 13.5 Å². The number of nitrogens with zero attached hydrogens (tertiary/aromatic N) is 4. The van der Waals surface area contributed by atoms with Crippen LogP contribution in [0.2, 0.25) is 5.15 Å². The summed E-state index contributed by atoms with van der Waals surface area (Å²) in [4.78, 5) is 12.0. The second kappa shape index (κ2) is 6.66. The van der Waals surface area contributed by atoms with Crippen molar-refractivity contribution in [2.45, 2.75) is 6.42 Å². The lowest BCUT2D eigenvalue weighted by atomic mass is 10.3. The van der Waals surface area contributed by atoms with Gasteiger partial charge in [0.05, 0.1) is 11.4 Å². The molecule has 2 aromatic heterocycles. The maximum absolute atomic E-state index is 12.0. The Bertz CT molecular complexity index is 790. The van der Waals surface area contributed by atoms with E-state index in [-0.39, 0.29) is 5.91 Å². The minimum atomic E-state index is -0.241. The van der Waals surface area contributed by atoms with E-state index >= 15 is 0 Å². The first-order valence-corrected chi connectivity index (χ1v) is 7.59. The van der Waals surface area contributed by atoms with Crippen LogP contribution in [0.25, 0.3) is 5.69 Å². The quantitative estimate of drug-likeness (QED) is 0.780. The van der Waals surface area contributed by atoms with Crippen molar-refractivity contribution in [2.24, 2.45) is 7.05 Å². The van der Waals surface area contributed by atoms with Crippen LogP contribution in [0.5, 0.6) is 0 Å². The molecule has 0 saturated carbocycles. The number of carbonyl (C=O) groups is 1. The zero-order valence-electron chi connectivity index (χ0n) is 12.6. The van der Waals surface area contributed by atoms with Gasteiger partial charge in [-0.2, -0.15) is 10.2 Å². The smallest absolute Gasteiger partial charge is 0.271 e. The van der Waals surface area contributed by atoms with Crippen molar-refractivity contribution >= 4 is 17.5 Å². The molecule has 118 valence electrons. The standard InChI is InChI=1S/C16H16ClN5O/c1-21-15(17)11-14(20-21)16(23)18-9-7-12-8-10-22(19-12)13-5-3-2-4-6-13/h2-6,8,10-11H,7,9H2,1H3,(H,18,23). The predicted octanol–water partition coefficient (Wildman–Crippen LogP) is 2.23. The van der Waals surface area contributed by atoms with E-state index in [0.717, 1.165) is 11.4 Å². The number of hydrogen-bond donors (Lipinski definition) is 1. The number of amides is 1. The number of aromatic nitrogens is 4. The molecule has 0 fully saturated rings. The monoisotopic (exact) mass is 329 g/mol. The van der Waals surface area contributed by atoms with E-state index in [2.05, 4.69) is 15.5 Å². The summed E-state index contributed by atoms with van der Waals surface area (Å²) in [6.45, 7) is 0.485. The zero-order valence-corrected chi connectivity index (χ0v) is 13.4. The molecule has 7 heteroatoms. The molecule has 0 unspecified atom stereocenters. The van der Waals surface area contributed by atoms with Gasteiger partial charge in [-0.1, -0.05) is 29.8 Å². The van der Waals surface area contributed by atoms with Crippen LogP contribution < -0.4 is 5.32 Å². The lowest BCUT2D eigenvalue weighted by Crippen LogP contribution is -2.26. The summed E-state index contributed by atoms with van der Waals surface area (Å²) in [7, 11) is 1.69. The van der Waals surface area contributed by atoms with E-state index in [1.807, 2.05) is 47.3 Å². The van der Waals surface area contributed by atoms with E-state index in [9.17, 15) is 4.79 Å². The summed E-state index contributed by atoms with van der Waals surface area (Å²) in [5.41, 5.74) is 2.23. The Labute approximate surface area is 138 Å². The minimum Gasteiger partial charge on any atom is -0.350 e. The highest BCUT2D eigenvalue weighted by molar-refractivity contribution is 6.29. The number of benzene rings is 1. The first-order valence-electron chi connectivity index (χ1n) is 7.21. The highest BCUT2D eigenvalue weighted by Crippen LogP contribution is 2.09. The van der Waals surface area contributed by atoms with E-state index in [1.165, 1.54) is 4.68 Å². The van der Waals surface area contributed by atoms with E-state index < -0.39 is 0 Å². The fourth-order valence-electron chi connectivity index (χ4n) is 2.17. The SMILES string of the molecule is Cn1nc(C(=O)NCCc2ccn(-c3ccccc3)n2)cc1Cl. The van der Waals surface area contributed by atoms with Crippen LogP contribution >= 0.6 is 11.6 Å². The van der Waals surface area contributed by atoms with Gasteiger partial charge in [-0.05, 0) is 18.2 Å². The lowest BCUT2D eigenvalue weighted by Gasteiger charge is -2.02. The molecular formula is C16H16ClN5O. The Morgan fingerprint density at radius 3 is 2.70 bits per heavy atom. The molecule has 0 bridgehead atoms. The van der Waals surface area contributed by atoms with Gasteiger partial charge in [0, 0.05) is 32.3 Å². The third-order valence-corrected chi connectivity index (χ3v) is 3.74.